The molecule has 0 amide bonds. The number of Topliss-reactive ketones (excluding diaryl/α,β-unsaturated/α-hetero) is 1. The molecule has 8 heteroatoms. The third kappa shape index (κ3) is 4.91. The van der Waals surface area contributed by atoms with E-state index >= 15 is 0 Å². The van der Waals surface area contributed by atoms with E-state index in [2.05, 4.69) is 20.5 Å². The molecule has 32 heavy (non-hydrogen) atoms. The molecule has 2 atom stereocenters. The molecule has 2 N–H and O–H groups in total. The maximum Gasteiger partial charge on any atom is 0.153 e. The highest BCUT2D eigenvalue weighted by molar-refractivity contribution is 7.81. The van der Waals surface area contributed by atoms with Crippen molar-refractivity contribution in [1.82, 2.24) is 15.2 Å². The predicted molar refractivity (Wildman–Crippen MR) is 127 cm³/mol. The molecule has 1 saturated carbocycles. The van der Waals surface area contributed by atoms with Crippen LogP contribution in [-0.4, -0.2) is 47.0 Å². The summed E-state index contributed by atoms with van der Waals surface area (Å²) in [6.07, 6.45) is 4.83. The Bertz CT molecular complexity index is 1010. The average Bonchev–Trinajstić information content (AvgIpc) is 3.03. The van der Waals surface area contributed by atoms with Crippen LogP contribution >= 0.6 is 12.6 Å². The minimum absolute atomic E-state index is 0.103. The molecule has 1 fully saturated rings. The summed E-state index contributed by atoms with van der Waals surface area (Å²) in [5.74, 6) is 0.742. The Kier molecular flexibility index (Phi) is 6.71. The van der Waals surface area contributed by atoms with E-state index in [4.69, 9.17) is 17.4 Å². The van der Waals surface area contributed by atoms with Crippen molar-refractivity contribution in [3.8, 4) is 0 Å². The number of methoxy groups -OCH3 is 1. The zero-order valence-corrected chi connectivity index (χ0v) is 19.3. The second kappa shape index (κ2) is 9.50. The van der Waals surface area contributed by atoms with Gasteiger partial charge in [0, 0.05) is 49.9 Å². The average molecular weight is 457 g/mol. The molecule has 2 aromatic rings. The number of benzene rings is 1. The molecule has 0 saturated heterocycles. The number of nitrogens with one attached hydrogen (secondary N) is 2. The van der Waals surface area contributed by atoms with Gasteiger partial charge in [-0.2, -0.15) is 0 Å². The van der Waals surface area contributed by atoms with Gasteiger partial charge < -0.3 is 20.3 Å². The molecule has 2 unspecified atom stereocenters. The minimum atomic E-state index is -0.662. The van der Waals surface area contributed by atoms with E-state index in [0.717, 1.165) is 41.2 Å². The Morgan fingerprint density at radius 1 is 1.31 bits per heavy atom. The molecular formula is C24H29FN4O2S. The van der Waals surface area contributed by atoms with Crippen molar-refractivity contribution >= 4 is 35.6 Å². The first kappa shape index (κ1) is 22.6. The molecule has 6 nitrogen and oxygen atoms in total. The van der Waals surface area contributed by atoms with E-state index in [-0.39, 0.29) is 11.9 Å². The van der Waals surface area contributed by atoms with Crippen molar-refractivity contribution in [2.75, 3.05) is 25.6 Å². The largest absolute Gasteiger partial charge is 0.383 e. The summed E-state index contributed by atoms with van der Waals surface area (Å²) >= 11 is 4.87. The zero-order valence-electron chi connectivity index (χ0n) is 18.4. The van der Waals surface area contributed by atoms with Crippen LogP contribution in [0.1, 0.15) is 43.7 Å². The van der Waals surface area contributed by atoms with Crippen LogP contribution in [0.15, 0.2) is 42.6 Å². The molecule has 0 radical (unpaired) electrons. The Balaban J connectivity index is 1.72. The third-order valence-corrected chi connectivity index (χ3v) is 6.27. The van der Waals surface area contributed by atoms with E-state index in [1.165, 1.54) is 12.1 Å². The molecule has 2 aliphatic rings. The molecule has 1 aromatic carbocycles. The fourth-order valence-corrected chi connectivity index (χ4v) is 4.68. The van der Waals surface area contributed by atoms with E-state index in [0.29, 0.717) is 31.8 Å². The van der Waals surface area contributed by atoms with Gasteiger partial charge in [0.25, 0.3) is 0 Å². The molecule has 0 spiro atoms. The number of anilines is 1. The van der Waals surface area contributed by atoms with Crippen LogP contribution in [0.2, 0.25) is 0 Å². The van der Waals surface area contributed by atoms with Gasteiger partial charge in [0.2, 0.25) is 0 Å². The van der Waals surface area contributed by atoms with Gasteiger partial charge in [0.1, 0.15) is 17.4 Å². The number of ether oxygens (including phenoxy) is 1. The summed E-state index contributed by atoms with van der Waals surface area (Å²) in [7, 11) is 1.67. The first-order valence-electron chi connectivity index (χ1n) is 10.9. The molecule has 1 aromatic heterocycles. The summed E-state index contributed by atoms with van der Waals surface area (Å²) in [5, 5.41) is 6.92. The Morgan fingerprint density at radius 3 is 2.81 bits per heavy atom. The smallest absolute Gasteiger partial charge is 0.153 e. The number of hydrogen-bond donors (Lipinski definition) is 3. The number of nitrogens with zero attached hydrogens (tertiary/aromatic N) is 2. The van der Waals surface area contributed by atoms with E-state index in [9.17, 15) is 9.18 Å². The Hall–Kier alpha value is -2.58. The van der Waals surface area contributed by atoms with Crippen LogP contribution in [0.4, 0.5) is 10.2 Å². The van der Waals surface area contributed by atoms with Crippen molar-refractivity contribution in [3.05, 3.63) is 59.5 Å². The lowest BCUT2D eigenvalue weighted by atomic mass is 9.94. The molecule has 1 aliphatic carbocycles. The fourth-order valence-electron chi connectivity index (χ4n) is 4.37. The number of ketones is 1. The normalized spacial score (nSPS) is 23.4. The van der Waals surface area contributed by atoms with Gasteiger partial charge in [-0.1, -0.05) is 0 Å². The first-order valence-corrected chi connectivity index (χ1v) is 11.3. The van der Waals surface area contributed by atoms with Crippen molar-refractivity contribution in [3.63, 3.8) is 0 Å². The van der Waals surface area contributed by atoms with E-state index in [1.807, 2.05) is 19.1 Å². The number of thiol groups is 1. The zero-order chi connectivity index (χ0) is 22.7. The number of carbonyl (C=O) groups is 1. The number of hydrogen-bond acceptors (Lipinski definition) is 7. The number of pyridine rings is 1. The summed E-state index contributed by atoms with van der Waals surface area (Å²) in [6.45, 7) is 3.13. The first-order chi connectivity index (χ1) is 15.4. The van der Waals surface area contributed by atoms with Crippen LogP contribution in [0, 0.1) is 5.82 Å². The topological polar surface area (TPSA) is 66.5 Å². The highest BCUT2D eigenvalue weighted by atomic mass is 32.1. The predicted octanol–water partition coefficient (Wildman–Crippen LogP) is 4.13. The highest BCUT2D eigenvalue weighted by Crippen LogP contribution is 2.41. The molecule has 0 bridgehead atoms. The fraction of sp³-hybridized carbons (Fsp3) is 0.417. The second-order valence-electron chi connectivity index (χ2n) is 8.43. The van der Waals surface area contributed by atoms with Gasteiger partial charge in [0.15, 0.2) is 4.99 Å². The molecule has 4 rings (SSSR count). The van der Waals surface area contributed by atoms with Gasteiger partial charge >= 0.3 is 0 Å². The van der Waals surface area contributed by atoms with Crippen LogP contribution in [-0.2, 0) is 9.53 Å². The van der Waals surface area contributed by atoms with Gasteiger partial charge in [-0.3, -0.25) is 4.79 Å². The lowest BCUT2D eigenvalue weighted by molar-refractivity contribution is -0.120. The van der Waals surface area contributed by atoms with Crippen LogP contribution < -0.4 is 10.6 Å². The standard InChI is InChI=1S/C24H29FN4O2S/c1-24(32)28-22(16-6-8-18(25)9-7-16)23(29(24)12-13-31-2)17-10-11-26-21(14-17)27-19-4-3-5-20(30)15-19/h6-11,14,19,28,32H,3-5,12-13,15H2,1-2H3,(H,26,27). The van der Waals surface area contributed by atoms with Gasteiger partial charge in [-0.15, -0.1) is 12.6 Å². The van der Waals surface area contributed by atoms with Crippen LogP contribution in [0.5, 0.6) is 0 Å². The Labute approximate surface area is 193 Å². The molecular weight excluding hydrogens is 427 g/mol. The van der Waals surface area contributed by atoms with Crippen molar-refractivity contribution in [1.29, 1.82) is 0 Å². The van der Waals surface area contributed by atoms with Crippen LogP contribution in [0.3, 0.4) is 0 Å². The number of halogens is 1. The number of rotatable bonds is 7. The van der Waals surface area contributed by atoms with Crippen LogP contribution in [0.25, 0.3) is 11.4 Å². The molecule has 170 valence electrons. The highest BCUT2D eigenvalue weighted by Gasteiger charge is 2.39. The lowest BCUT2D eigenvalue weighted by Gasteiger charge is -2.34. The van der Waals surface area contributed by atoms with Gasteiger partial charge in [-0.05, 0) is 56.2 Å². The molecule has 1 aliphatic heterocycles. The van der Waals surface area contributed by atoms with E-state index < -0.39 is 4.99 Å². The maximum atomic E-state index is 13.6. The Morgan fingerprint density at radius 2 is 2.09 bits per heavy atom. The summed E-state index contributed by atoms with van der Waals surface area (Å²) in [6, 6.07) is 10.5. The number of carbonyl (C=O) groups excluding carboxylic acids is 1. The quantitative estimate of drug-likeness (QED) is 0.545. The van der Waals surface area contributed by atoms with Gasteiger partial charge in [0.05, 0.1) is 18.0 Å². The minimum Gasteiger partial charge on any atom is -0.383 e. The summed E-state index contributed by atoms with van der Waals surface area (Å²) in [5.41, 5.74) is 3.62. The van der Waals surface area contributed by atoms with Crippen molar-refractivity contribution in [2.24, 2.45) is 0 Å². The van der Waals surface area contributed by atoms with Crippen molar-refractivity contribution < 1.29 is 13.9 Å². The second-order valence-corrected chi connectivity index (χ2v) is 9.30. The summed E-state index contributed by atoms with van der Waals surface area (Å²) in [4.78, 5) is 17.8. The SMILES string of the molecule is COCCN1C(c2ccnc(NC3CCCC(=O)C3)c2)=C(c2ccc(F)cc2)NC1(C)S. The maximum absolute atomic E-state index is 13.6. The lowest BCUT2D eigenvalue weighted by Crippen LogP contribution is -2.46. The monoisotopic (exact) mass is 456 g/mol. The van der Waals surface area contributed by atoms with E-state index in [1.54, 1.807) is 25.4 Å². The number of aromatic nitrogens is 1. The third-order valence-electron chi connectivity index (χ3n) is 5.91. The summed E-state index contributed by atoms with van der Waals surface area (Å²) < 4.78 is 18.9. The van der Waals surface area contributed by atoms with Crippen molar-refractivity contribution in [2.45, 2.75) is 43.6 Å². The van der Waals surface area contributed by atoms with Gasteiger partial charge in [-0.25, -0.2) is 9.37 Å². The molecule has 2 heterocycles.